The van der Waals surface area contributed by atoms with Gasteiger partial charge in [-0.25, -0.2) is 0 Å². The smallest absolute Gasteiger partial charge is 0.308 e. The van der Waals surface area contributed by atoms with Crippen LogP contribution < -0.4 is 5.32 Å². The van der Waals surface area contributed by atoms with Crippen molar-refractivity contribution in [2.24, 2.45) is 17.8 Å². The molecular weight excluding hydrogens is 270 g/mol. The lowest BCUT2D eigenvalue weighted by Gasteiger charge is -2.28. The number of rotatable bonds is 9. The first-order valence-electron chi connectivity index (χ1n) is 7.40. The van der Waals surface area contributed by atoms with Gasteiger partial charge in [0.1, 0.15) is 0 Å². The standard InChI is InChI=1S/C16H25NO4/c1-3-5-13(6-4-2)15(18)17-11-14(16(19)20)12-7-9-21-10-8-12/h3-4,12-14H,1-2,5-11H2,(H,17,18)(H,19,20). The molecular formula is C16H25NO4. The fourth-order valence-corrected chi connectivity index (χ4v) is 2.64. The van der Waals surface area contributed by atoms with Gasteiger partial charge in [0.15, 0.2) is 0 Å². The van der Waals surface area contributed by atoms with Crippen LogP contribution in [0.2, 0.25) is 0 Å². The van der Waals surface area contributed by atoms with Gasteiger partial charge in [-0.1, -0.05) is 12.2 Å². The van der Waals surface area contributed by atoms with E-state index >= 15 is 0 Å². The molecule has 1 aliphatic rings. The summed E-state index contributed by atoms with van der Waals surface area (Å²) in [5.74, 6) is -1.69. The largest absolute Gasteiger partial charge is 0.481 e. The molecule has 1 unspecified atom stereocenters. The van der Waals surface area contributed by atoms with Crippen LogP contribution >= 0.6 is 0 Å². The van der Waals surface area contributed by atoms with Gasteiger partial charge in [-0.05, 0) is 31.6 Å². The Balaban J connectivity index is 2.54. The van der Waals surface area contributed by atoms with Crippen molar-refractivity contribution in [1.29, 1.82) is 0 Å². The first-order valence-corrected chi connectivity index (χ1v) is 7.40. The Kier molecular flexibility index (Phi) is 7.75. The monoisotopic (exact) mass is 295 g/mol. The van der Waals surface area contributed by atoms with E-state index in [1.165, 1.54) is 0 Å². The lowest BCUT2D eigenvalue weighted by Crippen LogP contribution is -2.40. The zero-order chi connectivity index (χ0) is 15.7. The highest BCUT2D eigenvalue weighted by Crippen LogP contribution is 2.24. The predicted octanol–water partition coefficient (Wildman–Crippen LogP) is 2.00. The molecule has 1 amide bonds. The third kappa shape index (κ3) is 5.71. The molecule has 1 rings (SSSR count). The van der Waals surface area contributed by atoms with Crippen molar-refractivity contribution in [3.63, 3.8) is 0 Å². The molecule has 5 heteroatoms. The van der Waals surface area contributed by atoms with Crippen LogP contribution in [-0.2, 0) is 14.3 Å². The molecule has 1 heterocycles. The van der Waals surface area contributed by atoms with E-state index in [2.05, 4.69) is 18.5 Å². The van der Waals surface area contributed by atoms with Crippen LogP contribution in [0.15, 0.2) is 25.3 Å². The van der Waals surface area contributed by atoms with E-state index in [0.29, 0.717) is 26.1 Å². The summed E-state index contributed by atoms with van der Waals surface area (Å²) in [6, 6.07) is 0. The van der Waals surface area contributed by atoms with Crippen molar-refractivity contribution < 1.29 is 19.4 Å². The Morgan fingerprint density at radius 1 is 1.24 bits per heavy atom. The van der Waals surface area contributed by atoms with Gasteiger partial charge in [0.2, 0.25) is 5.91 Å². The number of hydrogen-bond acceptors (Lipinski definition) is 3. The number of hydrogen-bond donors (Lipinski definition) is 2. The number of carbonyl (C=O) groups is 2. The van der Waals surface area contributed by atoms with Crippen LogP contribution in [0.1, 0.15) is 25.7 Å². The van der Waals surface area contributed by atoms with Crippen LogP contribution in [0.25, 0.3) is 0 Å². The molecule has 118 valence electrons. The second kappa shape index (κ2) is 9.34. The number of carbonyl (C=O) groups excluding carboxylic acids is 1. The van der Waals surface area contributed by atoms with Crippen molar-refractivity contribution in [1.82, 2.24) is 5.32 Å². The van der Waals surface area contributed by atoms with E-state index in [1.807, 2.05) is 0 Å². The third-order valence-electron chi connectivity index (χ3n) is 3.92. The summed E-state index contributed by atoms with van der Waals surface area (Å²) in [4.78, 5) is 23.5. The maximum absolute atomic E-state index is 12.1. The minimum atomic E-state index is -0.855. The third-order valence-corrected chi connectivity index (χ3v) is 3.92. The number of ether oxygens (including phenoxy) is 1. The molecule has 1 aliphatic heterocycles. The Morgan fingerprint density at radius 3 is 2.29 bits per heavy atom. The number of nitrogens with one attached hydrogen (secondary N) is 1. The SMILES string of the molecule is C=CCC(CC=C)C(=O)NCC(C(=O)O)C1CCOCC1. The molecule has 2 N–H and O–H groups in total. The van der Waals surface area contributed by atoms with E-state index in [4.69, 9.17) is 4.74 Å². The van der Waals surface area contributed by atoms with E-state index in [1.54, 1.807) is 12.2 Å². The molecule has 0 bridgehead atoms. The van der Waals surface area contributed by atoms with Gasteiger partial charge in [0.05, 0.1) is 5.92 Å². The van der Waals surface area contributed by atoms with Crippen LogP contribution in [0.3, 0.4) is 0 Å². The van der Waals surface area contributed by atoms with E-state index in [-0.39, 0.29) is 24.3 Å². The Hall–Kier alpha value is -1.62. The van der Waals surface area contributed by atoms with Crippen LogP contribution in [0.4, 0.5) is 0 Å². The minimum Gasteiger partial charge on any atom is -0.481 e. The molecule has 0 aromatic carbocycles. The Labute approximate surface area is 126 Å². The van der Waals surface area contributed by atoms with Crippen LogP contribution in [0, 0.1) is 17.8 Å². The lowest BCUT2D eigenvalue weighted by atomic mass is 9.85. The topological polar surface area (TPSA) is 75.6 Å². The summed E-state index contributed by atoms with van der Waals surface area (Å²) in [5, 5.41) is 12.1. The number of aliphatic carboxylic acids is 1. The molecule has 0 spiro atoms. The first-order chi connectivity index (χ1) is 10.1. The highest BCUT2D eigenvalue weighted by Gasteiger charge is 2.30. The zero-order valence-electron chi connectivity index (χ0n) is 12.4. The van der Waals surface area contributed by atoms with Gasteiger partial charge in [0.25, 0.3) is 0 Å². The lowest BCUT2D eigenvalue weighted by molar-refractivity contribution is -0.145. The number of allylic oxidation sites excluding steroid dienone is 2. The zero-order valence-corrected chi connectivity index (χ0v) is 12.4. The molecule has 0 radical (unpaired) electrons. The summed E-state index contributed by atoms with van der Waals surface area (Å²) in [5.41, 5.74) is 0. The molecule has 1 atom stereocenters. The molecule has 0 saturated carbocycles. The second-order valence-corrected chi connectivity index (χ2v) is 5.39. The van der Waals surface area contributed by atoms with E-state index in [9.17, 15) is 14.7 Å². The first kappa shape index (κ1) is 17.4. The van der Waals surface area contributed by atoms with Crippen LogP contribution in [-0.4, -0.2) is 36.7 Å². The summed E-state index contributed by atoms with van der Waals surface area (Å²) < 4.78 is 5.25. The average molecular weight is 295 g/mol. The van der Waals surface area contributed by atoms with Crippen molar-refractivity contribution in [2.45, 2.75) is 25.7 Å². The van der Waals surface area contributed by atoms with Crippen LogP contribution in [0.5, 0.6) is 0 Å². The summed E-state index contributed by atoms with van der Waals surface area (Å²) in [7, 11) is 0. The Bertz CT molecular complexity index is 364. The van der Waals surface area contributed by atoms with E-state index < -0.39 is 11.9 Å². The number of carboxylic acid groups (broad SMARTS) is 1. The molecule has 21 heavy (non-hydrogen) atoms. The van der Waals surface area contributed by atoms with Gasteiger partial charge in [-0.15, -0.1) is 13.2 Å². The van der Waals surface area contributed by atoms with Crippen molar-refractivity contribution >= 4 is 11.9 Å². The van der Waals surface area contributed by atoms with Gasteiger partial charge in [-0.2, -0.15) is 0 Å². The van der Waals surface area contributed by atoms with Gasteiger partial charge in [0, 0.05) is 25.7 Å². The molecule has 1 saturated heterocycles. The molecule has 0 aromatic heterocycles. The van der Waals surface area contributed by atoms with Crippen molar-refractivity contribution in [2.75, 3.05) is 19.8 Å². The second-order valence-electron chi connectivity index (χ2n) is 5.39. The number of amides is 1. The molecule has 1 fully saturated rings. The van der Waals surface area contributed by atoms with Crippen molar-refractivity contribution in [3.8, 4) is 0 Å². The minimum absolute atomic E-state index is 0.0637. The van der Waals surface area contributed by atoms with Gasteiger partial charge < -0.3 is 15.2 Å². The highest BCUT2D eigenvalue weighted by atomic mass is 16.5. The summed E-state index contributed by atoms with van der Waals surface area (Å²) in [6.45, 7) is 8.64. The quantitative estimate of drug-likeness (QED) is 0.638. The summed E-state index contributed by atoms with van der Waals surface area (Å²) in [6.07, 6.45) is 5.98. The molecule has 0 aromatic rings. The number of carboxylic acids is 1. The Morgan fingerprint density at radius 2 is 1.81 bits per heavy atom. The van der Waals surface area contributed by atoms with Crippen molar-refractivity contribution in [3.05, 3.63) is 25.3 Å². The fraction of sp³-hybridized carbons (Fsp3) is 0.625. The maximum Gasteiger partial charge on any atom is 0.308 e. The maximum atomic E-state index is 12.1. The molecule has 5 nitrogen and oxygen atoms in total. The normalized spacial score (nSPS) is 17.2. The summed E-state index contributed by atoms with van der Waals surface area (Å²) >= 11 is 0. The highest BCUT2D eigenvalue weighted by molar-refractivity contribution is 5.80. The fourth-order valence-electron chi connectivity index (χ4n) is 2.64. The molecule has 0 aliphatic carbocycles. The predicted molar refractivity (Wildman–Crippen MR) is 80.8 cm³/mol. The average Bonchev–Trinajstić information content (AvgIpc) is 2.48. The van der Waals surface area contributed by atoms with E-state index in [0.717, 1.165) is 12.8 Å². The van der Waals surface area contributed by atoms with Gasteiger partial charge >= 0.3 is 5.97 Å². The van der Waals surface area contributed by atoms with Gasteiger partial charge in [-0.3, -0.25) is 9.59 Å².